The van der Waals surface area contributed by atoms with Crippen molar-refractivity contribution in [1.29, 1.82) is 0 Å². The summed E-state index contributed by atoms with van der Waals surface area (Å²) in [5, 5.41) is 6.32. The van der Waals surface area contributed by atoms with Gasteiger partial charge in [-0.05, 0) is 39.9 Å². The summed E-state index contributed by atoms with van der Waals surface area (Å²) in [6.07, 6.45) is 11.3. The maximum absolute atomic E-state index is 12.2. The van der Waals surface area contributed by atoms with Gasteiger partial charge in [0.25, 0.3) is 5.91 Å². The van der Waals surface area contributed by atoms with E-state index < -0.39 is 0 Å². The van der Waals surface area contributed by atoms with Crippen LogP contribution in [0.1, 0.15) is 55.4 Å². The molecule has 128 valence electrons. The highest BCUT2D eigenvalue weighted by atomic mass is 16.1. The largest absolute Gasteiger partial charge is 0.369 e. The fraction of sp³-hybridized carbons (Fsp3) is 0.706. The molecule has 0 saturated heterocycles. The number of carbonyl (C=O) groups is 1. The van der Waals surface area contributed by atoms with Crippen molar-refractivity contribution in [2.45, 2.75) is 51.0 Å². The molecule has 1 fully saturated rings. The molecule has 1 heterocycles. The topological polar surface area (TPSA) is 70.2 Å². The molecule has 1 aliphatic rings. The van der Waals surface area contributed by atoms with Crippen LogP contribution in [0.2, 0.25) is 0 Å². The first-order valence-corrected chi connectivity index (χ1v) is 8.66. The predicted molar refractivity (Wildman–Crippen MR) is 92.6 cm³/mol. The molecule has 2 N–H and O–H groups in total. The van der Waals surface area contributed by atoms with Gasteiger partial charge in [0.1, 0.15) is 11.5 Å². The number of rotatable bonds is 7. The van der Waals surface area contributed by atoms with E-state index in [1.807, 2.05) is 0 Å². The summed E-state index contributed by atoms with van der Waals surface area (Å²) in [7, 11) is 4.11. The molecule has 0 aromatic carbocycles. The smallest absolute Gasteiger partial charge is 0.271 e. The standard InChI is InChI=1S/C17H29N5O/c1-22(2)11-7-10-18-16-13-19-15(12-20-16)17(23)21-14-8-5-3-4-6-9-14/h12-14H,3-11H2,1-2H3,(H,18,20)(H,21,23). The minimum Gasteiger partial charge on any atom is -0.369 e. The summed E-state index contributed by atoms with van der Waals surface area (Å²) < 4.78 is 0. The van der Waals surface area contributed by atoms with Crippen LogP contribution >= 0.6 is 0 Å². The Bertz CT molecular complexity index is 466. The highest BCUT2D eigenvalue weighted by Gasteiger charge is 2.16. The quantitative estimate of drug-likeness (QED) is 0.596. The van der Waals surface area contributed by atoms with Crippen molar-refractivity contribution in [1.82, 2.24) is 20.2 Å². The number of aromatic nitrogens is 2. The monoisotopic (exact) mass is 319 g/mol. The zero-order valence-electron chi connectivity index (χ0n) is 14.3. The molecular weight excluding hydrogens is 290 g/mol. The van der Waals surface area contributed by atoms with Crippen molar-refractivity contribution >= 4 is 11.7 Å². The van der Waals surface area contributed by atoms with Crippen LogP contribution in [0, 0.1) is 0 Å². The van der Waals surface area contributed by atoms with Gasteiger partial charge in [-0.2, -0.15) is 0 Å². The summed E-state index contributed by atoms with van der Waals surface area (Å²) in [6, 6.07) is 0.288. The molecule has 6 nitrogen and oxygen atoms in total. The number of amides is 1. The lowest BCUT2D eigenvalue weighted by atomic mass is 10.1. The molecule has 0 radical (unpaired) electrons. The highest BCUT2D eigenvalue weighted by Crippen LogP contribution is 2.17. The molecule has 0 spiro atoms. The Balaban J connectivity index is 1.77. The van der Waals surface area contributed by atoms with Gasteiger partial charge in [-0.1, -0.05) is 25.7 Å². The molecule has 6 heteroatoms. The maximum atomic E-state index is 12.2. The van der Waals surface area contributed by atoms with E-state index in [0.717, 1.165) is 38.2 Å². The number of nitrogens with one attached hydrogen (secondary N) is 2. The molecule has 1 aromatic heterocycles. The van der Waals surface area contributed by atoms with E-state index in [-0.39, 0.29) is 11.9 Å². The van der Waals surface area contributed by atoms with E-state index >= 15 is 0 Å². The average Bonchev–Trinajstić information content (AvgIpc) is 2.80. The van der Waals surface area contributed by atoms with Crippen LogP contribution in [-0.4, -0.2) is 54.0 Å². The number of carbonyl (C=O) groups excluding carboxylic acids is 1. The lowest BCUT2D eigenvalue weighted by Gasteiger charge is -2.15. The fourth-order valence-electron chi connectivity index (χ4n) is 2.83. The maximum Gasteiger partial charge on any atom is 0.271 e. The zero-order valence-corrected chi connectivity index (χ0v) is 14.3. The molecule has 23 heavy (non-hydrogen) atoms. The van der Waals surface area contributed by atoms with Crippen molar-refractivity contribution in [3.05, 3.63) is 18.1 Å². The van der Waals surface area contributed by atoms with Crippen LogP contribution in [0.5, 0.6) is 0 Å². The zero-order chi connectivity index (χ0) is 16.5. The number of nitrogens with zero attached hydrogens (tertiary/aromatic N) is 3. The first-order chi connectivity index (χ1) is 11.1. The second-order valence-electron chi connectivity index (χ2n) is 6.53. The summed E-state index contributed by atoms with van der Waals surface area (Å²) in [5.74, 6) is 0.610. The van der Waals surface area contributed by atoms with Crippen molar-refractivity contribution in [3.8, 4) is 0 Å². The number of hydrogen-bond acceptors (Lipinski definition) is 5. The summed E-state index contributed by atoms with van der Waals surface area (Å²) in [5.41, 5.74) is 0.396. The second kappa shape index (κ2) is 9.45. The molecule has 1 aromatic rings. The Morgan fingerprint density at radius 1 is 1.17 bits per heavy atom. The summed E-state index contributed by atoms with van der Waals surface area (Å²) in [4.78, 5) is 22.9. The molecule has 2 rings (SSSR count). The molecule has 0 aliphatic heterocycles. The van der Waals surface area contributed by atoms with Gasteiger partial charge in [-0.25, -0.2) is 9.97 Å². The van der Waals surface area contributed by atoms with E-state index in [0.29, 0.717) is 5.69 Å². The normalized spacial score (nSPS) is 16.1. The van der Waals surface area contributed by atoms with Gasteiger partial charge < -0.3 is 15.5 Å². The van der Waals surface area contributed by atoms with Crippen LogP contribution in [-0.2, 0) is 0 Å². The van der Waals surface area contributed by atoms with Crippen LogP contribution < -0.4 is 10.6 Å². The van der Waals surface area contributed by atoms with Crippen molar-refractivity contribution in [3.63, 3.8) is 0 Å². The molecular formula is C17H29N5O. The van der Waals surface area contributed by atoms with Crippen molar-refractivity contribution in [2.24, 2.45) is 0 Å². The number of hydrogen-bond donors (Lipinski definition) is 2. The summed E-state index contributed by atoms with van der Waals surface area (Å²) in [6.45, 7) is 1.88. The lowest BCUT2D eigenvalue weighted by molar-refractivity contribution is 0.0928. The van der Waals surface area contributed by atoms with Crippen LogP contribution in [0.4, 0.5) is 5.82 Å². The molecule has 1 amide bonds. The second-order valence-corrected chi connectivity index (χ2v) is 6.53. The van der Waals surface area contributed by atoms with Crippen LogP contribution in [0.15, 0.2) is 12.4 Å². The van der Waals surface area contributed by atoms with Crippen LogP contribution in [0.3, 0.4) is 0 Å². The first-order valence-electron chi connectivity index (χ1n) is 8.66. The van der Waals surface area contributed by atoms with Gasteiger partial charge in [0.15, 0.2) is 0 Å². The third-order valence-corrected chi connectivity index (χ3v) is 4.16. The Kier molecular flexibility index (Phi) is 7.26. The minimum atomic E-state index is -0.108. The predicted octanol–water partition coefficient (Wildman–Crippen LogP) is 2.29. The van der Waals surface area contributed by atoms with E-state index in [9.17, 15) is 4.79 Å². The van der Waals surface area contributed by atoms with Gasteiger partial charge in [-0.15, -0.1) is 0 Å². The first kappa shape index (κ1) is 17.7. The molecule has 1 aliphatic carbocycles. The Hall–Kier alpha value is -1.69. The highest BCUT2D eigenvalue weighted by molar-refractivity contribution is 5.92. The van der Waals surface area contributed by atoms with E-state index in [2.05, 4.69) is 39.6 Å². The molecule has 1 saturated carbocycles. The van der Waals surface area contributed by atoms with Gasteiger partial charge >= 0.3 is 0 Å². The van der Waals surface area contributed by atoms with Gasteiger partial charge in [0.2, 0.25) is 0 Å². The minimum absolute atomic E-state index is 0.108. The Labute approximate surface area is 139 Å². The molecule has 0 atom stereocenters. The van der Waals surface area contributed by atoms with Gasteiger partial charge in [0, 0.05) is 12.6 Å². The van der Waals surface area contributed by atoms with E-state index in [4.69, 9.17) is 0 Å². The van der Waals surface area contributed by atoms with Gasteiger partial charge in [0.05, 0.1) is 12.4 Å². The molecule has 0 unspecified atom stereocenters. The van der Waals surface area contributed by atoms with Crippen molar-refractivity contribution in [2.75, 3.05) is 32.5 Å². The van der Waals surface area contributed by atoms with E-state index in [1.165, 1.54) is 25.7 Å². The van der Waals surface area contributed by atoms with Crippen LogP contribution in [0.25, 0.3) is 0 Å². The van der Waals surface area contributed by atoms with Gasteiger partial charge in [-0.3, -0.25) is 4.79 Å². The average molecular weight is 319 g/mol. The molecule has 0 bridgehead atoms. The number of anilines is 1. The Morgan fingerprint density at radius 3 is 2.52 bits per heavy atom. The Morgan fingerprint density at radius 2 is 1.91 bits per heavy atom. The third kappa shape index (κ3) is 6.52. The third-order valence-electron chi connectivity index (χ3n) is 4.16. The lowest BCUT2D eigenvalue weighted by Crippen LogP contribution is -2.35. The fourth-order valence-corrected chi connectivity index (χ4v) is 2.83. The van der Waals surface area contributed by atoms with E-state index in [1.54, 1.807) is 12.4 Å². The summed E-state index contributed by atoms with van der Waals surface area (Å²) >= 11 is 0. The van der Waals surface area contributed by atoms with Crippen molar-refractivity contribution < 1.29 is 4.79 Å². The SMILES string of the molecule is CN(C)CCCNc1cnc(C(=O)NC2CCCCCC2)cn1.